The molecule has 0 aliphatic carbocycles. The number of sulfonamides is 1. The molecule has 7 nitrogen and oxygen atoms in total. The van der Waals surface area contributed by atoms with Gasteiger partial charge in [-0.25, -0.2) is 22.4 Å². The van der Waals surface area contributed by atoms with Gasteiger partial charge < -0.3 is 5.73 Å². The zero-order valence-electron chi connectivity index (χ0n) is 13.7. The topological polar surface area (TPSA) is 93.6 Å². The Kier molecular flexibility index (Phi) is 3.41. The lowest BCUT2D eigenvalue weighted by Crippen LogP contribution is -2.50. The maximum absolute atomic E-state index is 12.4. The van der Waals surface area contributed by atoms with Crippen LogP contribution in [0, 0.1) is 0 Å². The van der Waals surface area contributed by atoms with Crippen LogP contribution in [-0.2, 0) is 15.6 Å². The number of fused-ring (bicyclic) bond motifs is 1. The second-order valence-corrected chi connectivity index (χ2v) is 9.30. The van der Waals surface area contributed by atoms with Gasteiger partial charge in [0.25, 0.3) is 0 Å². The SMILES string of the molecule is CN1C(N)=N[C@](C)(c2cc3c(cnn3-c3ccccc3)s2)CS1(=O)=O. The van der Waals surface area contributed by atoms with Crippen LogP contribution in [0.3, 0.4) is 0 Å². The summed E-state index contributed by atoms with van der Waals surface area (Å²) < 4.78 is 28.6. The number of aliphatic imine (C=N–C) groups is 1. The summed E-state index contributed by atoms with van der Waals surface area (Å²) in [6.45, 7) is 1.80. The third-order valence-electron chi connectivity index (χ3n) is 4.36. The molecule has 0 saturated heterocycles. The highest BCUT2D eigenvalue weighted by atomic mass is 32.2. The number of nitrogens with zero attached hydrogens (tertiary/aromatic N) is 4. The van der Waals surface area contributed by atoms with E-state index in [0.717, 1.165) is 25.1 Å². The molecule has 1 aromatic carbocycles. The first kappa shape index (κ1) is 16.1. The van der Waals surface area contributed by atoms with Crippen LogP contribution in [0.2, 0.25) is 0 Å². The van der Waals surface area contributed by atoms with Crippen LogP contribution in [0.15, 0.2) is 47.6 Å². The van der Waals surface area contributed by atoms with Crippen molar-refractivity contribution in [3.05, 3.63) is 47.5 Å². The van der Waals surface area contributed by atoms with Crippen molar-refractivity contribution in [2.24, 2.45) is 10.7 Å². The van der Waals surface area contributed by atoms with Crippen molar-refractivity contribution in [1.29, 1.82) is 0 Å². The number of aromatic nitrogens is 2. The van der Waals surface area contributed by atoms with E-state index in [1.54, 1.807) is 13.1 Å². The van der Waals surface area contributed by atoms with Gasteiger partial charge in [-0.05, 0) is 25.1 Å². The van der Waals surface area contributed by atoms with Crippen molar-refractivity contribution >= 4 is 37.5 Å². The monoisotopic (exact) mass is 375 g/mol. The summed E-state index contributed by atoms with van der Waals surface area (Å²) >= 11 is 1.49. The molecule has 0 amide bonds. The third-order valence-corrected chi connectivity index (χ3v) is 7.62. The van der Waals surface area contributed by atoms with E-state index in [4.69, 9.17) is 5.73 Å². The first-order valence-corrected chi connectivity index (χ1v) is 10.1. The van der Waals surface area contributed by atoms with E-state index in [-0.39, 0.29) is 11.7 Å². The summed E-state index contributed by atoms with van der Waals surface area (Å²) in [6, 6.07) is 11.8. The van der Waals surface area contributed by atoms with Gasteiger partial charge in [0.15, 0.2) is 0 Å². The van der Waals surface area contributed by atoms with Crippen LogP contribution in [0.4, 0.5) is 0 Å². The van der Waals surface area contributed by atoms with Gasteiger partial charge in [0, 0.05) is 11.9 Å². The van der Waals surface area contributed by atoms with Gasteiger partial charge in [0.1, 0.15) is 5.54 Å². The summed E-state index contributed by atoms with van der Waals surface area (Å²) in [6.07, 6.45) is 1.79. The molecule has 0 bridgehead atoms. The first-order chi connectivity index (χ1) is 11.8. The predicted molar refractivity (Wildman–Crippen MR) is 99.5 cm³/mol. The number of para-hydroxylation sites is 1. The minimum atomic E-state index is -3.49. The van der Waals surface area contributed by atoms with Gasteiger partial charge in [-0.15, -0.1) is 11.3 Å². The molecule has 2 aromatic heterocycles. The fraction of sp³-hybridized carbons (Fsp3) is 0.250. The Bertz CT molecular complexity index is 1080. The minimum Gasteiger partial charge on any atom is -0.369 e. The molecular formula is C16H17N5O2S2. The number of benzene rings is 1. The zero-order valence-corrected chi connectivity index (χ0v) is 15.4. The van der Waals surface area contributed by atoms with Crippen molar-refractivity contribution < 1.29 is 8.42 Å². The maximum atomic E-state index is 12.4. The van der Waals surface area contributed by atoms with Gasteiger partial charge in [-0.2, -0.15) is 5.10 Å². The number of hydrogen-bond donors (Lipinski definition) is 1. The Labute approximate surface area is 149 Å². The summed E-state index contributed by atoms with van der Waals surface area (Å²) in [7, 11) is -2.06. The highest BCUT2D eigenvalue weighted by molar-refractivity contribution is 7.89. The van der Waals surface area contributed by atoms with Gasteiger partial charge in [-0.1, -0.05) is 18.2 Å². The second kappa shape index (κ2) is 5.30. The van der Waals surface area contributed by atoms with Crippen LogP contribution in [0.25, 0.3) is 15.9 Å². The van der Waals surface area contributed by atoms with Crippen LogP contribution >= 0.6 is 11.3 Å². The largest absolute Gasteiger partial charge is 0.369 e. The average Bonchev–Trinajstić information content (AvgIpc) is 3.14. The number of thiophene rings is 1. The number of nitrogens with two attached hydrogens (primary N) is 1. The fourth-order valence-corrected chi connectivity index (χ4v) is 5.58. The van der Waals surface area contributed by atoms with Crippen molar-refractivity contribution in [1.82, 2.24) is 14.1 Å². The molecule has 0 saturated carbocycles. The van der Waals surface area contributed by atoms with Gasteiger partial charge in [0.05, 0.1) is 27.9 Å². The van der Waals surface area contributed by atoms with Gasteiger partial charge in [-0.3, -0.25) is 0 Å². The molecule has 1 atom stereocenters. The van der Waals surface area contributed by atoms with E-state index in [1.807, 2.05) is 41.1 Å². The smallest absolute Gasteiger partial charge is 0.239 e. The Morgan fingerprint density at radius 3 is 2.68 bits per heavy atom. The molecule has 130 valence electrons. The number of rotatable bonds is 2. The highest BCUT2D eigenvalue weighted by Crippen LogP contribution is 2.39. The quantitative estimate of drug-likeness (QED) is 0.740. The van der Waals surface area contributed by atoms with Crippen LogP contribution in [-0.4, -0.2) is 41.3 Å². The highest BCUT2D eigenvalue weighted by Gasteiger charge is 2.41. The molecule has 4 rings (SSSR count). The second-order valence-electron chi connectivity index (χ2n) is 6.22. The number of guanidine groups is 1. The van der Waals surface area contributed by atoms with Crippen molar-refractivity contribution in [2.45, 2.75) is 12.5 Å². The molecule has 3 heterocycles. The molecule has 25 heavy (non-hydrogen) atoms. The Morgan fingerprint density at radius 2 is 2.00 bits per heavy atom. The Morgan fingerprint density at radius 1 is 1.28 bits per heavy atom. The normalized spacial score (nSPS) is 23.0. The van der Waals surface area contributed by atoms with Crippen LogP contribution in [0.5, 0.6) is 0 Å². The summed E-state index contributed by atoms with van der Waals surface area (Å²) in [5, 5.41) is 4.43. The first-order valence-electron chi connectivity index (χ1n) is 7.66. The molecule has 2 N–H and O–H groups in total. The summed E-state index contributed by atoms with van der Waals surface area (Å²) in [4.78, 5) is 5.31. The third kappa shape index (κ3) is 2.50. The summed E-state index contributed by atoms with van der Waals surface area (Å²) in [5.74, 6) is -0.102. The standard InChI is InChI=1S/C16H17N5O2S2/c1-16(10-25(22,23)20(2)15(17)19-16)14-8-12-13(24-14)9-18-21(12)11-6-4-3-5-7-11/h3-9H,10H2,1-2H3,(H2,17,19)/t16-/m0/s1. The molecule has 0 radical (unpaired) electrons. The van der Waals surface area contributed by atoms with Crippen LogP contribution in [0.1, 0.15) is 11.8 Å². The lowest BCUT2D eigenvalue weighted by Gasteiger charge is -2.33. The van der Waals surface area contributed by atoms with Crippen molar-refractivity contribution in [2.75, 3.05) is 12.8 Å². The Hall–Kier alpha value is -2.39. The lowest BCUT2D eigenvalue weighted by atomic mass is 10.0. The van der Waals surface area contributed by atoms with Crippen LogP contribution < -0.4 is 5.73 Å². The molecule has 0 fully saturated rings. The molecule has 1 aliphatic rings. The van der Waals surface area contributed by atoms with E-state index in [1.165, 1.54) is 18.4 Å². The number of hydrogen-bond acceptors (Lipinski definition) is 6. The predicted octanol–water partition coefficient (Wildman–Crippen LogP) is 1.89. The summed E-state index contributed by atoms with van der Waals surface area (Å²) in [5.41, 5.74) is 6.82. The van der Waals surface area contributed by atoms with Crippen molar-refractivity contribution in [3.63, 3.8) is 0 Å². The van der Waals surface area contributed by atoms with E-state index >= 15 is 0 Å². The zero-order chi connectivity index (χ0) is 17.8. The Balaban J connectivity index is 1.85. The fourth-order valence-electron chi connectivity index (χ4n) is 2.94. The van der Waals surface area contributed by atoms with Crippen molar-refractivity contribution in [3.8, 4) is 5.69 Å². The molecule has 0 unspecified atom stereocenters. The lowest BCUT2D eigenvalue weighted by molar-refractivity contribution is 0.482. The van der Waals surface area contributed by atoms with E-state index in [0.29, 0.717) is 0 Å². The molecule has 0 spiro atoms. The van der Waals surface area contributed by atoms with Gasteiger partial charge >= 0.3 is 0 Å². The van der Waals surface area contributed by atoms with E-state index < -0.39 is 15.6 Å². The molecule has 9 heteroatoms. The minimum absolute atomic E-state index is 0.0101. The molecule has 3 aromatic rings. The van der Waals surface area contributed by atoms with Gasteiger partial charge in [0.2, 0.25) is 16.0 Å². The van der Waals surface area contributed by atoms with E-state index in [2.05, 4.69) is 10.1 Å². The van der Waals surface area contributed by atoms with E-state index in [9.17, 15) is 8.42 Å². The molecular weight excluding hydrogens is 358 g/mol. The molecule has 1 aliphatic heterocycles. The maximum Gasteiger partial charge on any atom is 0.239 e. The average molecular weight is 375 g/mol.